The van der Waals surface area contributed by atoms with E-state index in [0.717, 1.165) is 12.8 Å². The second-order valence-corrected chi connectivity index (χ2v) is 5.25. The van der Waals surface area contributed by atoms with Crippen molar-refractivity contribution < 1.29 is 19.1 Å². The van der Waals surface area contributed by atoms with Gasteiger partial charge in [0.25, 0.3) is 0 Å². The molecule has 15 heavy (non-hydrogen) atoms. The van der Waals surface area contributed by atoms with Gasteiger partial charge in [-0.25, -0.2) is 0 Å². The maximum absolute atomic E-state index is 11.4. The Morgan fingerprint density at radius 3 is 3.07 bits per heavy atom. The molecule has 0 aromatic heterocycles. The first-order valence-electron chi connectivity index (χ1n) is 5.16. The first-order valence-corrected chi connectivity index (χ1v) is 6.69. The average Bonchev–Trinajstić information content (AvgIpc) is 2.81. The zero-order valence-electron chi connectivity index (χ0n) is 8.02. The Morgan fingerprint density at radius 2 is 2.33 bits per heavy atom. The summed E-state index contributed by atoms with van der Waals surface area (Å²) in [6.07, 6.45) is 1.52. The van der Waals surface area contributed by atoms with Crippen LogP contribution in [0.5, 0.6) is 0 Å². The van der Waals surface area contributed by atoms with E-state index in [1.165, 1.54) is 0 Å². The lowest BCUT2D eigenvalue weighted by Gasteiger charge is -2.24. The van der Waals surface area contributed by atoms with Crippen LogP contribution in [0.4, 0.5) is 0 Å². The summed E-state index contributed by atoms with van der Waals surface area (Å²) in [5, 5.41) is 0. The third-order valence-corrected chi connectivity index (χ3v) is 4.41. The van der Waals surface area contributed by atoms with Crippen molar-refractivity contribution in [2.24, 2.45) is 17.8 Å². The highest BCUT2D eigenvalue weighted by atomic mass is 127. The second kappa shape index (κ2) is 3.33. The number of hydrogen-bond acceptors (Lipinski definition) is 4. The van der Waals surface area contributed by atoms with Gasteiger partial charge in [-0.2, -0.15) is 0 Å². The van der Waals surface area contributed by atoms with E-state index in [2.05, 4.69) is 0 Å². The quantitative estimate of drug-likeness (QED) is 0.431. The van der Waals surface area contributed by atoms with E-state index >= 15 is 0 Å². The fourth-order valence-corrected chi connectivity index (χ4v) is 3.43. The molecule has 0 radical (unpaired) electrons. The molecule has 0 aromatic rings. The third kappa shape index (κ3) is 1.31. The number of alkyl halides is 1. The molecule has 0 amide bonds. The Morgan fingerprint density at radius 1 is 1.53 bits per heavy atom. The standard InChI is InChI=1S/C10H11IO4/c11-3-7(12)14-8-4-1-5-6(2-4)10(13)15-9(5)8/h4-6,8-9H,1-3H2. The molecule has 2 aliphatic carbocycles. The Bertz CT molecular complexity index is 329. The van der Waals surface area contributed by atoms with E-state index < -0.39 is 0 Å². The van der Waals surface area contributed by atoms with Gasteiger partial charge in [0.2, 0.25) is 0 Å². The predicted octanol–water partition coefficient (Wildman–Crippen LogP) is 0.915. The molecule has 1 heterocycles. The molecule has 3 aliphatic rings. The number of rotatable bonds is 2. The summed E-state index contributed by atoms with van der Waals surface area (Å²) >= 11 is 1.98. The molecule has 5 heteroatoms. The third-order valence-electron chi connectivity index (χ3n) is 3.79. The van der Waals surface area contributed by atoms with Crippen LogP contribution in [0.2, 0.25) is 0 Å². The van der Waals surface area contributed by atoms with Crippen molar-refractivity contribution in [3.63, 3.8) is 0 Å². The van der Waals surface area contributed by atoms with Gasteiger partial charge in [-0.1, -0.05) is 22.6 Å². The van der Waals surface area contributed by atoms with Crippen LogP contribution in [0.1, 0.15) is 12.8 Å². The summed E-state index contributed by atoms with van der Waals surface area (Å²) < 4.78 is 11.0. The van der Waals surface area contributed by atoms with Crippen LogP contribution < -0.4 is 0 Å². The number of carbonyl (C=O) groups excluding carboxylic acids is 2. The Balaban J connectivity index is 1.78. The van der Waals surface area contributed by atoms with Gasteiger partial charge in [0.1, 0.15) is 12.2 Å². The maximum Gasteiger partial charge on any atom is 0.316 e. The molecule has 2 saturated carbocycles. The van der Waals surface area contributed by atoms with Crippen LogP contribution >= 0.6 is 22.6 Å². The number of esters is 2. The Hall–Kier alpha value is -0.330. The van der Waals surface area contributed by atoms with Gasteiger partial charge in [-0.15, -0.1) is 0 Å². The summed E-state index contributed by atoms with van der Waals surface area (Å²) in [5.74, 6) is 0.473. The molecule has 0 aromatic carbocycles. The van der Waals surface area contributed by atoms with Gasteiger partial charge in [0.05, 0.1) is 10.3 Å². The summed E-state index contributed by atoms with van der Waals surface area (Å²) in [7, 11) is 0. The molecule has 1 aliphatic heterocycles. The minimum atomic E-state index is -0.201. The van der Waals surface area contributed by atoms with Crippen molar-refractivity contribution in [2.45, 2.75) is 25.0 Å². The predicted molar refractivity (Wildman–Crippen MR) is 58.4 cm³/mol. The zero-order chi connectivity index (χ0) is 10.6. The largest absolute Gasteiger partial charge is 0.458 e. The molecular weight excluding hydrogens is 311 g/mol. The Kier molecular flexibility index (Phi) is 2.19. The van der Waals surface area contributed by atoms with Crippen molar-refractivity contribution in [2.75, 3.05) is 4.43 Å². The van der Waals surface area contributed by atoms with E-state index in [9.17, 15) is 9.59 Å². The van der Waals surface area contributed by atoms with E-state index in [-0.39, 0.29) is 30.1 Å². The van der Waals surface area contributed by atoms with E-state index in [4.69, 9.17) is 9.47 Å². The van der Waals surface area contributed by atoms with Crippen LogP contribution in [0, 0.1) is 17.8 Å². The molecule has 82 valence electrons. The second-order valence-electron chi connectivity index (χ2n) is 4.49. The van der Waals surface area contributed by atoms with Gasteiger partial charge >= 0.3 is 11.9 Å². The summed E-state index contributed by atoms with van der Waals surface area (Å²) in [4.78, 5) is 22.7. The summed E-state index contributed by atoms with van der Waals surface area (Å²) in [6, 6.07) is 0. The summed E-state index contributed by atoms with van der Waals surface area (Å²) in [5.41, 5.74) is 0. The zero-order valence-corrected chi connectivity index (χ0v) is 10.2. The first kappa shape index (κ1) is 9.86. The van der Waals surface area contributed by atoms with Crippen LogP contribution in [-0.2, 0) is 19.1 Å². The van der Waals surface area contributed by atoms with Crippen LogP contribution in [0.15, 0.2) is 0 Å². The SMILES string of the molecule is O=C(CI)OC1C2CC3C(=O)OC1C3C2. The maximum atomic E-state index is 11.4. The van der Waals surface area contributed by atoms with Crippen LogP contribution in [0.3, 0.4) is 0 Å². The topological polar surface area (TPSA) is 52.6 Å². The molecule has 3 rings (SSSR count). The summed E-state index contributed by atoms with van der Waals surface area (Å²) in [6.45, 7) is 0. The number of halogens is 1. The minimum Gasteiger partial charge on any atom is -0.458 e. The molecule has 0 spiro atoms. The molecule has 2 bridgehead atoms. The molecule has 5 atom stereocenters. The van der Waals surface area contributed by atoms with E-state index in [0.29, 0.717) is 16.3 Å². The lowest BCUT2D eigenvalue weighted by atomic mass is 9.88. The minimum absolute atomic E-state index is 0.0828. The van der Waals surface area contributed by atoms with Crippen molar-refractivity contribution in [1.82, 2.24) is 0 Å². The van der Waals surface area contributed by atoms with Crippen molar-refractivity contribution in [3.05, 3.63) is 0 Å². The normalized spacial score (nSPS) is 45.7. The van der Waals surface area contributed by atoms with Gasteiger partial charge in [-0.05, 0) is 12.8 Å². The number of fused-ring (bicyclic) bond motifs is 1. The molecule has 1 saturated heterocycles. The number of carbonyl (C=O) groups is 2. The average molecular weight is 322 g/mol. The molecule has 5 unspecified atom stereocenters. The van der Waals surface area contributed by atoms with E-state index in [1.54, 1.807) is 0 Å². The van der Waals surface area contributed by atoms with Gasteiger partial charge < -0.3 is 9.47 Å². The number of ether oxygens (including phenoxy) is 2. The molecule has 0 N–H and O–H groups in total. The van der Waals surface area contributed by atoms with Gasteiger partial charge in [-0.3, -0.25) is 9.59 Å². The fraction of sp³-hybridized carbons (Fsp3) is 0.800. The lowest BCUT2D eigenvalue weighted by Crippen LogP contribution is -2.36. The first-order chi connectivity index (χ1) is 7.20. The molecule has 4 nitrogen and oxygen atoms in total. The highest BCUT2D eigenvalue weighted by molar-refractivity contribution is 14.1. The van der Waals surface area contributed by atoms with Crippen molar-refractivity contribution in [3.8, 4) is 0 Å². The van der Waals surface area contributed by atoms with E-state index in [1.807, 2.05) is 22.6 Å². The van der Waals surface area contributed by atoms with Crippen LogP contribution in [-0.4, -0.2) is 28.6 Å². The number of hydrogen-bond donors (Lipinski definition) is 0. The van der Waals surface area contributed by atoms with Crippen molar-refractivity contribution in [1.29, 1.82) is 0 Å². The van der Waals surface area contributed by atoms with Gasteiger partial charge in [0.15, 0.2) is 0 Å². The van der Waals surface area contributed by atoms with Gasteiger partial charge in [0, 0.05) is 11.8 Å². The highest BCUT2D eigenvalue weighted by Crippen LogP contribution is 2.55. The monoisotopic (exact) mass is 322 g/mol. The lowest BCUT2D eigenvalue weighted by molar-refractivity contribution is -0.159. The molecule has 3 fully saturated rings. The Labute approximate surface area is 101 Å². The van der Waals surface area contributed by atoms with Crippen molar-refractivity contribution >= 4 is 34.5 Å². The smallest absolute Gasteiger partial charge is 0.316 e. The fourth-order valence-electron chi connectivity index (χ4n) is 3.25. The van der Waals surface area contributed by atoms with Crippen LogP contribution in [0.25, 0.3) is 0 Å². The molecular formula is C10H11IO4. The highest BCUT2D eigenvalue weighted by Gasteiger charge is 2.63.